The van der Waals surface area contributed by atoms with Gasteiger partial charge in [0.05, 0.1) is 19.1 Å². The summed E-state index contributed by atoms with van der Waals surface area (Å²) in [5, 5.41) is 0. The summed E-state index contributed by atoms with van der Waals surface area (Å²) in [6, 6.07) is 18.8. The predicted octanol–water partition coefficient (Wildman–Crippen LogP) is 6.89. The molecule has 2 aromatic rings. The lowest BCUT2D eigenvalue weighted by Crippen LogP contribution is -2.20. The van der Waals surface area contributed by atoms with E-state index in [9.17, 15) is 4.79 Å². The Hall–Kier alpha value is -2.33. The van der Waals surface area contributed by atoms with E-state index in [1.165, 1.54) is 43.2 Å². The van der Waals surface area contributed by atoms with Crippen molar-refractivity contribution >= 4 is 5.97 Å². The standard InChI is InChI=1S/C29H40O4/c1-3-24(26-14-16-27(17-15-26)25-10-6-4-7-11-25)22-23(2)29(30)33-21-19-31-18-20-32-28-12-8-5-9-13-28/h5,8-9,12-17,23-25H,3-4,6-7,10-11,18-22H2,1-2H3. The minimum absolute atomic E-state index is 0.130. The Balaban J connectivity index is 1.33. The van der Waals surface area contributed by atoms with Gasteiger partial charge >= 0.3 is 5.97 Å². The monoisotopic (exact) mass is 452 g/mol. The van der Waals surface area contributed by atoms with E-state index in [1.807, 2.05) is 37.3 Å². The molecule has 3 rings (SSSR count). The lowest BCUT2D eigenvalue weighted by atomic mass is 9.82. The highest BCUT2D eigenvalue weighted by Gasteiger charge is 2.21. The first-order valence-corrected chi connectivity index (χ1v) is 12.7. The van der Waals surface area contributed by atoms with E-state index in [0.29, 0.717) is 25.7 Å². The second-order valence-electron chi connectivity index (χ2n) is 9.18. The molecule has 2 aromatic carbocycles. The zero-order valence-corrected chi connectivity index (χ0v) is 20.3. The molecule has 0 aliphatic heterocycles. The van der Waals surface area contributed by atoms with Crippen LogP contribution >= 0.6 is 0 Å². The summed E-state index contributed by atoms with van der Waals surface area (Å²) in [5.74, 6) is 1.66. The molecule has 2 unspecified atom stereocenters. The molecule has 1 aliphatic rings. The summed E-state index contributed by atoms with van der Waals surface area (Å²) >= 11 is 0. The van der Waals surface area contributed by atoms with Crippen molar-refractivity contribution in [1.29, 1.82) is 0 Å². The first-order chi connectivity index (χ1) is 16.2. The minimum atomic E-state index is -0.142. The Morgan fingerprint density at radius 2 is 1.61 bits per heavy atom. The SMILES string of the molecule is CCC(CC(C)C(=O)OCCOCCOc1ccccc1)c1ccc(C2CCCCC2)cc1. The average Bonchev–Trinajstić information content (AvgIpc) is 2.87. The van der Waals surface area contributed by atoms with Crippen LogP contribution in [-0.2, 0) is 14.3 Å². The fourth-order valence-corrected chi connectivity index (χ4v) is 4.72. The van der Waals surface area contributed by atoms with Crippen molar-refractivity contribution in [2.45, 2.75) is 70.6 Å². The van der Waals surface area contributed by atoms with Gasteiger partial charge in [-0.05, 0) is 60.8 Å². The van der Waals surface area contributed by atoms with Gasteiger partial charge in [-0.3, -0.25) is 4.79 Å². The summed E-state index contributed by atoms with van der Waals surface area (Å²) in [5.41, 5.74) is 2.81. The number of rotatable bonds is 13. The Morgan fingerprint density at radius 1 is 0.909 bits per heavy atom. The topological polar surface area (TPSA) is 44.8 Å². The van der Waals surface area contributed by atoms with E-state index < -0.39 is 0 Å². The largest absolute Gasteiger partial charge is 0.491 e. The van der Waals surface area contributed by atoms with Crippen LogP contribution in [0.25, 0.3) is 0 Å². The maximum atomic E-state index is 12.5. The smallest absolute Gasteiger partial charge is 0.308 e. The van der Waals surface area contributed by atoms with Gasteiger partial charge in [0, 0.05) is 0 Å². The average molecular weight is 453 g/mol. The zero-order valence-electron chi connectivity index (χ0n) is 20.3. The van der Waals surface area contributed by atoms with Gasteiger partial charge in [-0.1, -0.05) is 75.6 Å². The lowest BCUT2D eigenvalue weighted by Gasteiger charge is -2.23. The van der Waals surface area contributed by atoms with Crippen LogP contribution in [-0.4, -0.2) is 32.4 Å². The van der Waals surface area contributed by atoms with Crippen molar-refractivity contribution in [2.24, 2.45) is 5.92 Å². The Bertz CT molecular complexity index is 796. The first-order valence-electron chi connectivity index (χ1n) is 12.7. The van der Waals surface area contributed by atoms with Crippen molar-refractivity contribution in [3.05, 3.63) is 65.7 Å². The maximum Gasteiger partial charge on any atom is 0.308 e. The molecule has 4 heteroatoms. The molecule has 0 radical (unpaired) electrons. The Labute approximate surface area is 199 Å². The zero-order chi connectivity index (χ0) is 23.3. The summed E-state index contributed by atoms with van der Waals surface area (Å²) in [4.78, 5) is 12.5. The highest BCUT2D eigenvalue weighted by Crippen LogP contribution is 2.34. The van der Waals surface area contributed by atoms with Crippen LogP contribution in [0.4, 0.5) is 0 Å². The molecule has 0 saturated heterocycles. The number of carbonyl (C=O) groups excluding carboxylic acids is 1. The van der Waals surface area contributed by atoms with E-state index in [-0.39, 0.29) is 18.5 Å². The third kappa shape index (κ3) is 8.51. The van der Waals surface area contributed by atoms with Crippen LogP contribution in [0, 0.1) is 5.92 Å². The van der Waals surface area contributed by atoms with E-state index in [2.05, 4.69) is 31.2 Å². The van der Waals surface area contributed by atoms with Gasteiger partial charge in [-0.15, -0.1) is 0 Å². The van der Waals surface area contributed by atoms with Crippen molar-refractivity contribution in [1.82, 2.24) is 0 Å². The molecule has 0 N–H and O–H groups in total. The summed E-state index contributed by atoms with van der Waals surface area (Å²) in [7, 11) is 0. The second-order valence-corrected chi connectivity index (χ2v) is 9.18. The maximum absolute atomic E-state index is 12.5. The number of esters is 1. The van der Waals surface area contributed by atoms with Crippen LogP contribution < -0.4 is 4.74 Å². The summed E-state index contributed by atoms with van der Waals surface area (Å²) in [6.45, 7) is 5.78. The molecule has 0 aromatic heterocycles. The van der Waals surface area contributed by atoms with E-state index in [4.69, 9.17) is 14.2 Å². The second kappa shape index (κ2) is 14.0. The van der Waals surface area contributed by atoms with Gasteiger partial charge < -0.3 is 14.2 Å². The van der Waals surface area contributed by atoms with Crippen molar-refractivity contribution in [3.63, 3.8) is 0 Å². The number of carbonyl (C=O) groups is 1. The van der Waals surface area contributed by atoms with Crippen LogP contribution in [0.2, 0.25) is 0 Å². The molecule has 1 saturated carbocycles. The van der Waals surface area contributed by atoms with Gasteiger partial charge in [0.1, 0.15) is 19.0 Å². The molecule has 180 valence electrons. The highest BCUT2D eigenvalue weighted by molar-refractivity contribution is 5.72. The Kier molecular flexibility index (Phi) is 10.8. The Morgan fingerprint density at radius 3 is 2.30 bits per heavy atom. The number of para-hydroxylation sites is 1. The van der Waals surface area contributed by atoms with E-state index >= 15 is 0 Å². The summed E-state index contributed by atoms with van der Waals surface area (Å²) in [6.07, 6.45) is 8.57. The third-order valence-electron chi connectivity index (χ3n) is 6.73. The van der Waals surface area contributed by atoms with Gasteiger partial charge in [-0.25, -0.2) is 0 Å². The fourth-order valence-electron chi connectivity index (χ4n) is 4.72. The third-order valence-corrected chi connectivity index (χ3v) is 6.73. The molecule has 0 amide bonds. The van der Waals surface area contributed by atoms with E-state index in [1.54, 1.807) is 0 Å². The van der Waals surface area contributed by atoms with Crippen LogP contribution in [0.15, 0.2) is 54.6 Å². The molecule has 0 bridgehead atoms. The number of benzene rings is 2. The molecule has 0 spiro atoms. The van der Waals surface area contributed by atoms with Crippen LogP contribution in [0.1, 0.15) is 81.8 Å². The molecule has 1 aliphatic carbocycles. The molecule has 33 heavy (non-hydrogen) atoms. The van der Waals surface area contributed by atoms with Gasteiger partial charge in [0.2, 0.25) is 0 Å². The number of hydrogen-bond acceptors (Lipinski definition) is 4. The molecule has 0 heterocycles. The molecule has 4 nitrogen and oxygen atoms in total. The van der Waals surface area contributed by atoms with Crippen molar-refractivity contribution < 1.29 is 19.0 Å². The highest BCUT2D eigenvalue weighted by atomic mass is 16.6. The van der Waals surface area contributed by atoms with Crippen molar-refractivity contribution in [3.8, 4) is 5.75 Å². The van der Waals surface area contributed by atoms with Gasteiger partial charge in [0.15, 0.2) is 0 Å². The quantitative estimate of drug-likeness (QED) is 0.245. The van der Waals surface area contributed by atoms with Crippen LogP contribution in [0.5, 0.6) is 5.75 Å². The van der Waals surface area contributed by atoms with Gasteiger partial charge in [0.25, 0.3) is 0 Å². The molecular formula is C29H40O4. The normalized spacial score (nSPS) is 16.2. The predicted molar refractivity (Wildman–Crippen MR) is 133 cm³/mol. The van der Waals surface area contributed by atoms with Gasteiger partial charge in [-0.2, -0.15) is 0 Å². The fraction of sp³-hybridized carbons (Fsp3) is 0.552. The molecule has 1 fully saturated rings. The minimum Gasteiger partial charge on any atom is -0.491 e. The number of ether oxygens (including phenoxy) is 3. The van der Waals surface area contributed by atoms with Crippen molar-refractivity contribution in [2.75, 3.05) is 26.4 Å². The first kappa shape index (κ1) is 25.3. The summed E-state index contributed by atoms with van der Waals surface area (Å²) < 4.78 is 16.5. The number of hydrogen-bond donors (Lipinski definition) is 0. The van der Waals surface area contributed by atoms with Crippen LogP contribution in [0.3, 0.4) is 0 Å². The molecular weight excluding hydrogens is 412 g/mol. The molecule has 2 atom stereocenters. The van der Waals surface area contributed by atoms with E-state index in [0.717, 1.165) is 24.5 Å². The lowest BCUT2D eigenvalue weighted by molar-refractivity contribution is -0.149.